The number of rotatable bonds is 1. The maximum atomic E-state index is 5.47. The molecule has 6 heteroatoms. The topological polar surface area (TPSA) is 36.9 Å². The van der Waals surface area contributed by atoms with Crippen LogP contribution < -0.4 is 18.9 Å². The fourth-order valence-electron chi connectivity index (χ4n) is 2.34. The molecule has 2 aromatic rings. The first-order valence-corrected chi connectivity index (χ1v) is 16.4. The van der Waals surface area contributed by atoms with E-state index in [-0.39, 0.29) is 0 Å². The molecule has 0 saturated heterocycles. The predicted octanol–water partition coefficient (Wildman–Crippen LogP) is 6.80. The second-order valence-corrected chi connectivity index (χ2v) is 9.52. The lowest BCUT2D eigenvalue weighted by Crippen LogP contribution is -2.29. The van der Waals surface area contributed by atoms with E-state index in [1.807, 2.05) is 76.2 Å². The second-order valence-electron chi connectivity index (χ2n) is 8.52. The molecule has 2 heterocycles. The Labute approximate surface area is 216 Å². The van der Waals surface area contributed by atoms with Crippen molar-refractivity contribution in [3.05, 3.63) is 48.5 Å². The number of fused-ring (bicyclic) bond motifs is 2. The van der Waals surface area contributed by atoms with E-state index in [1.54, 1.807) is 0 Å². The van der Waals surface area contributed by atoms with Crippen LogP contribution in [0.15, 0.2) is 48.5 Å². The summed E-state index contributed by atoms with van der Waals surface area (Å²) >= 11 is 0. The van der Waals surface area contributed by atoms with E-state index in [4.69, 9.17) is 18.9 Å². The summed E-state index contributed by atoms with van der Waals surface area (Å²) in [5, 5.41) is 0. The van der Waals surface area contributed by atoms with Gasteiger partial charge in [0.05, 0.1) is 0 Å². The summed E-state index contributed by atoms with van der Waals surface area (Å²) in [6.07, 6.45) is 3.88. The van der Waals surface area contributed by atoms with E-state index in [1.165, 1.54) is 45.8 Å². The van der Waals surface area contributed by atoms with Crippen molar-refractivity contribution in [1.29, 1.82) is 0 Å². The maximum absolute atomic E-state index is 5.47. The van der Waals surface area contributed by atoms with Gasteiger partial charge in [-0.25, -0.2) is 0 Å². The molecule has 0 fully saturated rings. The molecule has 0 spiro atoms. The largest absolute Gasteiger partial charge is 0.449 e. The molecule has 0 unspecified atom stereocenters. The third-order valence-electron chi connectivity index (χ3n) is 3.62. The molecular weight excluding hydrogens is 456 g/mol. The van der Waals surface area contributed by atoms with Gasteiger partial charge in [-0.2, -0.15) is 0 Å². The van der Waals surface area contributed by atoms with Crippen LogP contribution in [0, 0.1) is 0 Å². The summed E-state index contributed by atoms with van der Waals surface area (Å²) in [6, 6.07) is 16.8. The van der Waals surface area contributed by atoms with Crippen LogP contribution in [-0.2, 0) is 0 Å². The first kappa shape index (κ1) is 34.2. The Morgan fingerprint density at radius 2 is 0.735 bits per heavy atom. The molecular formula is C28H52O4Si2. The molecule has 2 aromatic carbocycles. The highest BCUT2D eigenvalue weighted by Gasteiger charge is 2.31. The summed E-state index contributed by atoms with van der Waals surface area (Å²) in [7, 11) is 2.70. The summed E-state index contributed by atoms with van der Waals surface area (Å²) < 4.78 is 21.9. The van der Waals surface area contributed by atoms with Crippen LogP contribution in [0.2, 0.25) is 12.6 Å². The van der Waals surface area contributed by atoms with Crippen LogP contribution in [0.1, 0.15) is 81.6 Å². The van der Waals surface area contributed by atoms with Crippen molar-refractivity contribution >= 4 is 20.5 Å². The molecule has 0 atom stereocenters. The third kappa shape index (κ3) is 15.1. The number of para-hydroxylation sites is 4. The molecule has 0 aromatic heterocycles. The molecule has 0 N–H and O–H groups in total. The molecule has 4 nitrogen and oxygen atoms in total. The lowest BCUT2D eigenvalue weighted by molar-refractivity contribution is -0.0437. The number of hydrogen-bond acceptors (Lipinski definition) is 4. The lowest BCUT2D eigenvalue weighted by atomic mass is 10.3. The number of hydrogen-bond donors (Lipinski definition) is 0. The van der Waals surface area contributed by atoms with Crippen molar-refractivity contribution in [1.82, 2.24) is 0 Å². The van der Waals surface area contributed by atoms with Crippen molar-refractivity contribution < 1.29 is 18.9 Å². The van der Waals surface area contributed by atoms with E-state index in [0.29, 0.717) is 0 Å². The second kappa shape index (κ2) is 19.4. The lowest BCUT2D eigenvalue weighted by Gasteiger charge is -2.16. The zero-order valence-electron chi connectivity index (χ0n) is 24.1. The normalized spacial score (nSPS) is 14.2. The van der Waals surface area contributed by atoms with E-state index >= 15 is 0 Å². The van der Waals surface area contributed by atoms with Crippen LogP contribution in [0.5, 0.6) is 23.0 Å². The van der Waals surface area contributed by atoms with Crippen LogP contribution in [0.25, 0.3) is 0 Å². The van der Waals surface area contributed by atoms with Gasteiger partial charge in [-0.3, -0.25) is 0 Å². The Bertz CT molecular complexity index is 631. The first-order valence-electron chi connectivity index (χ1n) is 13.0. The summed E-state index contributed by atoms with van der Waals surface area (Å²) in [6.45, 7) is 20.4. The van der Waals surface area contributed by atoms with Crippen LogP contribution in [-0.4, -0.2) is 32.1 Å². The molecule has 0 saturated carbocycles. The Morgan fingerprint density at radius 3 is 0.882 bits per heavy atom. The van der Waals surface area contributed by atoms with Crippen molar-refractivity contribution in [2.75, 3.05) is 0 Å². The van der Waals surface area contributed by atoms with Crippen molar-refractivity contribution in [2.24, 2.45) is 0 Å². The monoisotopic (exact) mass is 508 g/mol. The highest BCUT2D eigenvalue weighted by Crippen LogP contribution is 2.39. The fourth-order valence-corrected chi connectivity index (χ4v) is 2.34. The van der Waals surface area contributed by atoms with Crippen LogP contribution >= 0.6 is 0 Å². The highest BCUT2D eigenvalue weighted by atomic mass is 28.1. The number of benzene rings is 2. The molecule has 2 aliphatic heterocycles. The zero-order chi connectivity index (χ0) is 26.6. The third-order valence-corrected chi connectivity index (χ3v) is 4.62. The molecule has 0 bridgehead atoms. The average Bonchev–Trinajstić information content (AvgIpc) is 3.29. The van der Waals surface area contributed by atoms with Crippen molar-refractivity contribution in [3.8, 4) is 23.0 Å². The molecule has 0 amide bonds. The van der Waals surface area contributed by atoms with Gasteiger partial charge in [-0.1, -0.05) is 90.7 Å². The summed E-state index contributed by atoms with van der Waals surface area (Å²) in [5.74, 6) is 2.33. The van der Waals surface area contributed by atoms with E-state index in [2.05, 4.69) is 41.2 Å². The number of ether oxygens (including phenoxy) is 4. The maximum Gasteiger partial charge on any atom is 0.246 e. The van der Waals surface area contributed by atoms with Crippen molar-refractivity contribution in [3.63, 3.8) is 0 Å². The fraction of sp³-hybridized carbons (Fsp3) is 0.571. The Kier molecular flexibility index (Phi) is 19.5. The quantitative estimate of drug-likeness (QED) is 0.397. The van der Waals surface area contributed by atoms with Gasteiger partial charge in [0.1, 0.15) is 0 Å². The molecule has 2 aliphatic rings. The van der Waals surface area contributed by atoms with E-state index in [0.717, 1.165) is 23.0 Å². The predicted molar refractivity (Wildman–Crippen MR) is 156 cm³/mol. The minimum atomic E-state index is -0.496. The Balaban J connectivity index is 0. The van der Waals surface area contributed by atoms with E-state index < -0.39 is 11.6 Å². The SMILES string of the molecule is CC1(C)Oc2ccccc2O1.CC1(C)Oc2ccccc2O1.CCC.CCC.CCC[SiH3].C[SiH3]. The van der Waals surface area contributed by atoms with Gasteiger partial charge in [0.25, 0.3) is 0 Å². The van der Waals surface area contributed by atoms with Gasteiger partial charge < -0.3 is 18.9 Å². The molecule has 0 radical (unpaired) electrons. The van der Waals surface area contributed by atoms with Gasteiger partial charge >= 0.3 is 0 Å². The van der Waals surface area contributed by atoms with Gasteiger partial charge in [0, 0.05) is 37.9 Å². The summed E-state index contributed by atoms with van der Waals surface area (Å²) in [5.41, 5.74) is 0. The zero-order valence-corrected chi connectivity index (χ0v) is 28.1. The van der Waals surface area contributed by atoms with Crippen LogP contribution in [0.4, 0.5) is 0 Å². The van der Waals surface area contributed by atoms with Gasteiger partial charge in [0.15, 0.2) is 23.0 Å². The first-order chi connectivity index (χ1) is 16.1. The summed E-state index contributed by atoms with van der Waals surface area (Å²) in [4.78, 5) is 0. The van der Waals surface area contributed by atoms with Crippen LogP contribution in [0.3, 0.4) is 0 Å². The van der Waals surface area contributed by atoms with E-state index in [9.17, 15) is 0 Å². The van der Waals surface area contributed by atoms with Crippen molar-refractivity contribution in [2.45, 2.75) is 106 Å². The molecule has 196 valence electrons. The minimum absolute atomic E-state index is 0.496. The molecule has 34 heavy (non-hydrogen) atoms. The Morgan fingerprint density at radius 1 is 0.559 bits per heavy atom. The highest BCUT2D eigenvalue weighted by molar-refractivity contribution is 6.08. The Hall–Kier alpha value is -1.93. The van der Waals surface area contributed by atoms with Gasteiger partial charge in [0.2, 0.25) is 11.6 Å². The minimum Gasteiger partial charge on any atom is -0.449 e. The van der Waals surface area contributed by atoms with Gasteiger partial charge in [-0.05, 0) is 34.5 Å². The average molecular weight is 509 g/mol. The standard InChI is InChI=1S/2C9H10O2.C3H10Si.2C3H8.CH6Si/c2*1-9(2)10-7-5-3-4-6-8(7)11-9;1-2-3-4;2*1-3-2;1-2/h2*3-6H,1-2H3;2-3H2,1,4H3;2*3H2,1-2H3;1-2H3. The molecule has 0 aliphatic carbocycles. The molecule has 4 rings (SSSR count). The van der Waals surface area contributed by atoms with Gasteiger partial charge in [-0.15, -0.1) is 0 Å². The smallest absolute Gasteiger partial charge is 0.246 e.